The van der Waals surface area contributed by atoms with Crippen LogP contribution >= 0.6 is 0 Å². The van der Waals surface area contributed by atoms with Crippen LogP contribution in [0.3, 0.4) is 0 Å². The van der Waals surface area contributed by atoms with Gasteiger partial charge in [-0.05, 0) is 31.4 Å². The van der Waals surface area contributed by atoms with Crippen molar-refractivity contribution in [2.24, 2.45) is 0 Å². The molecule has 1 saturated heterocycles. The van der Waals surface area contributed by atoms with Gasteiger partial charge in [0.1, 0.15) is 0 Å². The fraction of sp³-hybridized carbons (Fsp3) is 0.562. The first-order valence-electron chi connectivity index (χ1n) is 7.99. The maximum absolute atomic E-state index is 11.9. The predicted molar refractivity (Wildman–Crippen MR) is 85.7 cm³/mol. The first-order chi connectivity index (χ1) is 11.2. The zero-order valence-electron chi connectivity index (χ0n) is 13.5. The Morgan fingerprint density at radius 1 is 1.39 bits per heavy atom. The smallest absolute Gasteiger partial charge is 0.409 e. The van der Waals surface area contributed by atoms with E-state index >= 15 is 0 Å². The largest absolute Gasteiger partial charge is 0.450 e. The van der Waals surface area contributed by atoms with Gasteiger partial charge in [0.25, 0.3) is 0 Å². The Labute approximate surface area is 136 Å². The quantitative estimate of drug-likeness (QED) is 0.814. The first kappa shape index (κ1) is 17.2. The molecule has 1 aliphatic rings. The van der Waals surface area contributed by atoms with E-state index in [0.717, 1.165) is 18.4 Å². The fourth-order valence-electron chi connectivity index (χ4n) is 2.52. The monoisotopic (exact) mass is 320 g/mol. The molecule has 0 radical (unpaired) electrons. The molecular weight excluding hydrogens is 296 g/mol. The molecule has 0 saturated carbocycles. The van der Waals surface area contributed by atoms with Crippen LogP contribution < -0.4 is 10.6 Å². The lowest BCUT2D eigenvalue weighted by atomic mass is 10.1. The van der Waals surface area contributed by atoms with Gasteiger partial charge in [0.05, 0.1) is 13.2 Å². The molecule has 7 heteroatoms. The molecule has 1 aromatic heterocycles. The number of hydrogen-bond donors (Lipinski definition) is 2. The average Bonchev–Trinajstić information content (AvgIpc) is 2.57. The van der Waals surface area contributed by atoms with E-state index < -0.39 is 0 Å². The second kappa shape index (κ2) is 9.09. The van der Waals surface area contributed by atoms with Gasteiger partial charge in [-0.2, -0.15) is 0 Å². The van der Waals surface area contributed by atoms with E-state index in [1.807, 2.05) is 12.1 Å². The van der Waals surface area contributed by atoms with Gasteiger partial charge in [-0.3, -0.25) is 9.78 Å². The molecule has 0 aromatic carbocycles. The third-order valence-electron chi connectivity index (χ3n) is 3.72. The minimum Gasteiger partial charge on any atom is -0.450 e. The summed E-state index contributed by atoms with van der Waals surface area (Å²) in [6, 6.07) is 3.95. The van der Waals surface area contributed by atoms with Crippen LogP contribution in [0, 0.1) is 0 Å². The Kier molecular flexibility index (Phi) is 6.80. The molecule has 2 rings (SSSR count). The zero-order chi connectivity index (χ0) is 16.5. The molecule has 2 N–H and O–H groups in total. The minimum atomic E-state index is -0.268. The Bertz CT molecular complexity index is 501. The summed E-state index contributed by atoms with van der Waals surface area (Å²) >= 11 is 0. The van der Waals surface area contributed by atoms with Gasteiger partial charge >= 0.3 is 6.09 Å². The summed E-state index contributed by atoms with van der Waals surface area (Å²) in [5.74, 6) is -0.0246. The van der Waals surface area contributed by atoms with Gasteiger partial charge in [-0.15, -0.1) is 0 Å². The van der Waals surface area contributed by atoms with Crippen LogP contribution in [0.1, 0.15) is 25.3 Å². The van der Waals surface area contributed by atoms with Crippen LogP contribution in [0.5, 0.6) is 0 Å². The highest BCUT2D eigenvalue weighted by atomic mass is 16.6. The summed E-state index contributed by atoms with van der Waals surface area (Å²) in [6.45, 7) is 4.30. The number of ether oxygens (including phenoxy) is 1. The van der Waals surface area contributed by atoms with Crippen molar-refractivity contribution in [1.29, 1.82) is 0 Å². The second-order valence-electron chi connectivity index (χ2n) is 5.49. The summed E-state index contributed by atoms with van der Waals surface area (Å²) in [6.07, 6.45) is 4.74. The number of carbonyl (C=O) groups is 2. The Morgan fingerprint density at radius 3 is 2.83 bits per heavy atom. The van der Waals surface area contributed by atoms with Crippen molar-refractivity contribution in [2.45, 2.75) is 32.4 Å². The van der Waals surface area contributed by atoms with Gasteiger partial charge < -0.3 is 20.3 Å². The molecular formula is C16H24N4O3. The fourth-order valence-corrected chi connectivity index (χ4v) is 2.52. The van der Waals surface area contributed by atoms with E-state index in [-0.39, 0.29) is 24.6 Å². The van der Waals surface area contributed by atoms with Crippen molar-refractivity contribution in [3.05, 3.63) is 30.1 Å². The summed E-state index contributed by atoms with van der Waals surface area (Å²) in [5, 5.41) is 6.10. The van der Waals surface area contributed by atoms with Crippen LogP contribution in [0.2, 0.25) is 0 Å². The summed E-state index contributed by atoms with van der Waals surface area (Å²) in [4.78, 5) is 29.2. The van der Waals surface area contributed by atoms with E-state index in [4.69, 9.17) is 4.74 Å². The molecule has 2 heterocycles. The van der Waals surface area contributed by atoms with Crippen molar-refractivity contribution in [3.63, 3.8) is 0 Å². The lowest BCUT2D eigenvalue weighted by molar-refractivity contribution is -0.121. The maximum atomic E-state index is 11.9. The van der Waals surface area contributed by atoms with E-state index in [1.54, 1.807) is 24.2 Å². The molecule has 0 bridgehead atoms. The number of nitrogens with zero attached hydrogens (tertiary/aromatic N) is 2. The molecule has 0 spiro atoms. The van der Waals surface area contributed by atoms with Crippen molar-refractivity contribution >= 4 is 12.0 Å². The molecule has 23 heavy (non-hydrogen) atoms. The van der Waals surface area contributed by atoms with Crippen LogP contribution in [-0.2, 0) is 16.1 Å². The molecule has 7 nitrogen and oxygen atoms in total. The summed E-state index contributed by atoms with van der Waals surface area (Å²) < 4.78 is 4.98. The van der Waals surface area contributed by atoms with Crippen LogP contribution in [0.25, 0.3) is 0 Å². The normalized spacial score (nSPS) is 15.3. The van der Waals surface area contributed by atoms with Crippen molar-refractivity contribution in [1.82, 2.24) is 20.5 Å². The molecule has 126 valence electrons. The number of pyridine rings is 1. The molecule has 1 aromatic rings. The van der Waals surface area contributed by atoms with E-state index in [9.17, 15) is 9.59 Å². The van der Waals surface area contributed by atoms with Crippen LogP contribution in [0.15, 0.2) is 24.5 Å². The van der Waals surface area contributed by atoms with Gasteiger partial charge in [-0.1, -0.05) is 6.07 Å². The minimum absolute atomic E-state index is 0.0246. The highest BCUT2D eigenvalue weighted by molar-refractivity contribution is 5.78. The lowest BCUT2D eigenvalue weighted by Crippen LogP contribution is -2.48. The number of nitrogens with one attached hydrogen (secondary N) is 2. The lowest BCUT2D eigenvalue weighted by Gasteiger charge is -2.31. The Balaban J connectivity index is 1.62. The Hall–Kier alpha value is -2.15. The van der Waals surface area contributed by atoms with Crippen LogP contribution in [-0.4, -0.2) is 54.2 Å². The first-order valence-corrected chi connectivity index (χ1v) is 7.99. The predicted octanol–water partition coefficient (Wildman–Crippen LogP) is 0.908. The number of hydrogen-bond acceptors (Lipinski definition) is 5. The molecule has 2 amide bonds. The SMILES string of the molecule is CCOC(=O)N1CCC(NC(=O)CNCc2cccnc2)CC1. The number of carbonyl (C=O) groups excluding carboxylic acids is 2. The standard InChI is InChI=1S/C16H24N4O3/c1-2-23-16(22)20-8-5-14(6-9-20)19-15(21)12-18-11-13-4-3-7-17-10-13/h3-4,7,10,14,18H,2,5-6,8-9,11-12H2,1H3,(H,19,21). The maximum Gasteiger partial charge on any atom is 0.409 e. The van der Waals surface area contributed by atoms with E-state index in [1.165, 1.54) is 0 Å². The Morgan fingerprint density at radius 2 is 2.17 bits per heavy atom. The topological polar surface area (TPSA) is 83.6 Å². The number of likely N-dealkylation sites (tertiary alicyclic amines) is 1. The number of rotatable bonds is 6. The molecule has 1 aliphatic heterocycles. The van der Waals surface area contributed by atoms with Crippen molar-refractivity contribution in [2.75, 3.05) is 26.2 Å². The number of amides is 2. The third kappa shape index (κ3) is 5.86. The van der Waals surface area contributed by atoms with E-state index in [2.05, 4.69) is 15.6 Å². The molecule has 1 fully saturated rings. The second-order valence-corrected chi connectivity index (χ2v) is 5.49. The zero-order valence-corrected chi connectivity index (χ0v) is 13.5. The van der Waals surface area contributed by atoms with Gasteiger partial charge in [0.15, 0.2) is 0 Å². The number of aromatic nitrogens is 1. The van der Waals surface area contributed by atoms with Gasteiger partial charge in [0, 0.05) is 38.1 Å². The van der Waals surface area contributed by atoms with E-state index in [0.29, 0.717) is 26.2 Å². The van der Waals surface area contributed by atoms with Crippen LogP contribution in [0.4, 0.5) is 4.79 Å². The molecule has 0 unspecified atom stereocenters. The van der Waals surface area contributed by atoms with Crippen molar-refractivity contribution < 1.29 is 14.3 Å². The van der Waals surface area contributed by atoms with Crippen molar-refractivity contribution in [3.8, 4) is 0 Å². The highest BCUT2D eigenvalue weighted by Gasteiger charge is 2.24. The number of piperidine rings is 1. The molecule has 0 aliphatic carbocycles. The summed E-state index contributed by atoms with van der Waals surface area (Å²) in [7, 11) is 0. The van der Waals surface area contributed by atoms with Gasteiger partial charge in [0.2, 0.25) is 5.91 Å². The molecule has 0 atom stereocenters. The summed E-state index contributed by atoms with van der Waals surface area (Å²) in [5.41, 5.74) is 1.04. The average molecular weight is 320 g/mol. The highest BCUT2D eigenvalue weighted by Crippen LogP contribution is 2.11. The third-order valence-corrected chi connectivity index (χ3v) is 3.72. The van der Waals surface area contributed by atoms with Gasteiger partial charge in [-0.25, -0.2) is 4.79 Å².